The molecule has 0 amide bonds. The van der Waals surface area contributed by atoms with Crippen LogP contribution in [0.25, 0.3) is 0 Å². The van der Waals surface area contributed by atoms with E-state index in [0.717, 1.165) is 31.4 Å². The molecule has 1 saturated carbocycles. The molecule has 2 rings (SSSR count). The SMILES string of the molecule is CCC=CCC(O)C=CC1C(O)CC2OC(=CCCCCC(=O)O)CC21. The first kappa shape index (κ1) is 20.7. The molecule has 1 heterocycles. The van der Waals surface area contributed by atoms with Gasteiger partial charge in [-0.1, -0.05) is 31.2 Å². The van der Waals surface area contributed by atoms with Crippen molar-refractivity contribution in [3.8, 4) is 0 Å². The molecule has 2 aliphatic rings. The molecule has 0 spiro atoms. The predicted molar refractivity (Wildman–Crippen MR) is 100 cm³/mol. The first-order valence-corrected chi connectivity index (χ1v) is 9.78. The molecule has 0 aromatic carbocycles. The standard InChI is InChI=1S/C21H32O5/c1-2-3-5-8-15(22)11-12-17-18-13-16(26-20(18)14-19(17)23)9-6-4-7-10-21(24)25/h3,5,9,11-12,15,17-20,22-23H,2,4,6-8,10,13-14H2,1H3,(H,24,25). The molecule has 0 aromatic rings. The fraction of sp³-hybridized carbons (Fsp3) is 0.667. The minimum Gasteiger partial charge on any atom is -0.495 e. The van der Waals surface area contributed by atoms with Crippen LogP contribution in [0.15, 0.2) is 36.1 Å². The molecule has 2 fully saturated rings. The Balaban J connectivity index is 1.82. The van der Waals surface area contributed by atoms with E-state index in [1.807, 2.05) is 18.2 Å². The average Bonchev–Trinajstić information content (AvgIpc) is 3.09. The number of aliphatic carboxylic acids is 1. The minimum atomic E-state index is -0.750. The topological polar surface area (TPSA) is 87.0 Å². The monoisotopic (exact) mass is 364 g/mol. The van der Waals surface area contributed by atoms with Crippen LogP contribution in [-0.2, 0) is 9.53 Å². The molecule has 3 N–H and O–H groups in total. The Kier molecular flexibility index (Phi) is 8.39. The van der Waals surface area contributed by atoms with Crippen molar-refractivity contribution in [3.63, 3.8) is 0 Å². The molecule has 5 unspecified atom stereocenters. The Bertz CT molecular complexity index is 537. The maximum absolute atomic E-state index is 10.5. The number of fused-ring (bicyclic) bond motifs is 1. The van der Waals surface area contributed by atoms with Crippen molar-refractivity contribution in [1.82, 2.24) is 0 Å². The Hall–Kier alpha value is -1.59. The zero-order valence-corrected chi connectivity index (χ0v) is 15.6. The van der Waals surface area contributed by atoms with E-state index in [4.69, 9.17) is 9.84 Å². The molecule has 1 saturated heterocycles. The number of rotatable bonds is 10. The number of allylic oxidation sites excluding steroid dienone is 3. The van der Waals surface area contributed by atoms with Gasteiger partial charge in [-0.2, -0.15) is 0 Å². The summed E-state index contributed by atoms with van der Waals surface area (Å²) < 4.78 is 5.98. The summed E-state index contributed by atoms with van der Waals surface area (Å²) in [5.41, 5.74) is 0. The second-order valence-electron chi connectivity index (χ2n) is 7.28. The van der Waals surface area contributed by atoms with E-state index < -0.39 is 18.2 Å². The second kappa shape index (κ2) is 10.5. The largest absolute Gasteiger partial charge is 0.495 e. The number of hydrogen-bond acceptors (Lipinski definition) is 4. The normalized spacial score (nSPS) is 31.0. The van der Waals surface area contributed by atoms with Gasteiger partial charge in [0.05, 0.1) is 18.0 Å². The van der Waals surface area contributed by atoms with Crippen LogP contribution in [0.2, 0.25) is 0 Å². The summed E-state index contributed by atoms with van der Waals surface area (Å²) in [5, 5.41) is 29.0. The number of carboxylic acids is 1. The van der Waals surface area contributed by atoms with Crippen LogP contribution in [0.5, 0.6) is 0 Å². The summed E-state index contributed by atoms with van der Waals surface area (Å²) in [6, 6.07) is 0. The number of unbranched alkanes of at least 4 members (excludes halogenated alkanes) is 2. The van der Waals surface area contributed by atoms with Gasteiger partial charge in [0, 0.05) is 31.1 Å². The van der Waals surface area contributed by atoms with Gasteiger partial charge < -0.3 is 20.1 Å². The molecule has 26 heavy (non-hydrogen) atoms. The van der Waals surface area contributed by atoms with Crippen molar-refractivity contribution in [2.45, 2.75) is 76.6 Å². The van der Waals surface area contributed by atoms with Crippen LogP contribution in [0.4, 0.5) is 0 Å². The third kappa shape index (κ3) is 6.29. The lowest BCUT2D eigenvalue weighted by Crippen LogP contribution is -2.17. The number of aliphatic hydroxyl groups excluding tert-OH is 2. The maximum atomic E-state index is 10.5. The van der Waals surface area contributed by atoms with E-state index in [1.165, 1.54) is 0 Å². The first-order valence-electron chi connectivity index (χ1n) is 9.78. The van der Waals surface area contributed by atoms with E-state index in [2.05, 4.69) is 13.0 Å². The molecule has 5 heteroatoms. The van der Waals surface area contributed by atoms with Crippen molar-refractivity contribution >= 4 is 5.97 Å². The van der Waals surface area contributed by atoms with Crippen LogP contribution >= 0.6 is 0 Å². The van der Waals surface area contributed by atoms with E-state index in [9.17, 15) is 15.0 Å². The average molecular weight is 364 g/mol. The van der Waals surface area contributed by atoms with Gasteiger partial charge in [0.15, 0.2) is 0 Å². The number of carboxylic acid groups (broad SMARTS) is 1. The van der Waals surface area contributed by atoms with Crippen LogP contribution in [0.3, 0.4) is 0 Å². The van der Waals surface area contributed by atoms with Gasteiger partial charge in [-0.15, -0.1) is 0 Å². The van der Waals surface area contributed by atoms with E-state index in [-0.39, 0.29) is 24.4 Å². The summed E-state index contributed by atoms with van der Waals surface area (Å²) >= 11 is 0. The third-order valence-electron chi connectivity index (χ3n) is 5.18. The first-order chi connectivity index (χ1) is 12.5. The summed E-state index contributed by atoms with van der Waals surface area (Å²) in [4.78, 5) is 10.5. The zero-order chi connectivity index (χ0) is 18.9. The highest BCUT2D eigenvalue weighted by molar-refractivity contribution is 5.66. The van der Waals surface area contributed by atoms with Crippen LogP contribution in [0.1, 0.15) is 58.3 Å². The van der Waals surface area contributed by atoms with Crippen LogP contribution in [0, 0.1) is 11.8 Å². The highest BCUT2D eigenvalue weighted by Crippen LogP contribution is 2.45. The Labute approximate surface area is 156 Å². The van der Waals surface area contributed by atoms with Crippen LogP contribution in [-0.4, -0.2) is 39.6 Å². The van der Waals surface area contributed by atoms with Gasteiger partial charge in [0.25, 0.3) is 0 Å². The van der Waals surface area contributed by atoms with Crippen molar-refractivity contribution in [3.05, 3.63) is 36.1 Å². The van der Waals surface area contributed by atoms with Crippen molar-refractivity contribution < 1.29 is 24.9 Å². The summed E-state index contributed by atoms with van der Waals surface area (Å²) in [6.07, 6.45) is 14.5. The van der Waals surface area contributed by atoms with Gasteiger partial charge in [0.2, 0.25) is 0 Å². The van der Waals surface area contributed by atoms with Gasteiger partial charge in [-0.05, 0) is 38.2 Å². The van der Waals surface area contributed by atoms with Crippen molar-refractivity contribution in [2.75, 3.05) is 0 Å². The Morgan fingerprint density at radius 1 is 1.35 bits per heavy atom. The molecule has 1 aliphatic heterocycles. The van der Waals surface area contributed by atoms with Gasteiger partial charge in [-0.3, -0.25) is 4.79 Å². The minimum absolute atomic E-state index is 0.0164. The smallest absolute Gasteiger partial charge is 0.303 e. The number of aliphatic hydroxyl groups is 2. The van der Waals surface area contributed by atoms with Gasteiger partial charge >= 0.3 is 5.97 Å². The highest BCUT2D eigenvalue weighted by Gasteiger charge is 2.46. The quantitative estimate of drug-likeness (QED) is 0.407. The highest BCUT2D eigenvalue weighted by atomic mass is 16.5. The van der Waals surface area contributed by atoms with Gasteiger partial charge in [0.1, 0.15) is 6.10 Å². The lowest BCUT2D eigenvalue weighted by molar-refractivity contribution is -0.137. The molecule has 5 atom stereocenters. The molecule has 0 radical (unpaired) electrons. The second-order valence-corrected chi connectivity index (χ2v) is 7.28. The number of carbonyl (C=O) groups is 1. The summed E-state index contributed by atoms with van der Waals surface area (Å²) in [6.45, 7) is 2.06. The Morgan fingerprint density at radius 3 is 2.88 bits per heavy atom. The van der Waals surface area contributed by atoms with Gasteiger partial charge in [-0.25, -0.2) is 0 Å². The van der Waals surface area contributed by atoms with Crippen molar-refractivity contribution in [1.29, 1.82) is 0 Å². The molecule has 146 valence electrons. The molecule has 5 nitrogen and oxygen atoms in total. The third-order valence-corrected chi connectivity index (χ3v) is 5.18. The van der Waals surface area contributed by atoms with E-state index in [0.29, 0.717) is 19.3 Å². The molecular formula is C21H32O5. The predicted octanol–water partition coefficient (Wildman–Crippen LogP) is 3.57. The van der Waals surface area contributed by atoms with Crippen LogP contribution < -0.4 is 0 Å². The van der Waals surface area contributed by atoms with E-state index >= 15 is 0 Å². The number of hydrogen-bond donors (Lipinski definition) is 3. The maximum Gasteiger partial charge on any atom is 0.303 e. The zero-order valence-electron chi connectivity index (χ0n) is 15.6. The fourth-order valence-corrected chi connectivity index (χ4v) is 3.80. The van der Waals surface area contributed by atoms with Crippen molar-refractivity contribution in [2.24, 2.45) is 11.8 Å². The summed E-state index contributed by atoms with van der Waals surface area (Å²) in [5.74, 6) is 0.486. The molecule has 0 aromatic heterocycles. The fourth-order valence-electron chi connectivity index (χ4n) is 3.80. The molecule has 1 aliphatic carbocycles. The molecule has 0 bridgehead atoms. The summed E-state index contributed by atoms with van der Waals surface area (Å²) in [7, 11) is 0. The Morgan fingerprint density at radius 2 is 2.15 bits per heavy atom. The lowest BCUT2D eigenvalue weighted by atomic mass is 9.90. The number of ether oxygens (including phenoxy) is 1. The van der Waals surface area contributed by atoms with E-state index in [1.54, 1.807) is 6.08 Å². The molecular weight excluding hydrogens is 332 g/mol. The lowest BCUT2D eigenvalue weighted by Gasteiger charge is -2.15.